The molecule has 0 radical (unpaired) electrons. The molecular formula is C20H23F3N4O4. The molecule has 0 spiro atoms. The van der Waals surface area contributed by atoms with Crippen LogP contribution >= 0.6 is 0 Å². The maximum Gasteiger partial charge on any atom is 0.422 e. The Morgan fingerprint density at radius 1 is 1.13 bits per heavy atom. The number of aryl methyl sites for hydroxylation is 1. The van der Waals surface area contributed by atoms with Gasteiger partial charge in [-0.15, -0.1) is 0 Å². The SMILES string of the molecule is COc1nc(OCC(F)(F)F)ccc1CNC(=O)c1cc(C)nc(C(=O)NC(C)C)c1. The van der Waals surface area contributed by atoms with Crippen LogP contribution in [0.25, 0.3) is 0 Å². The van der Waals surface area contributed by atoms with Crippen molar-refractivity contribution in [3.05, 3.63) is 46.8 Å². The molecule has 2 aromatic heterocycles. The number of rotatable bonds is 8. The largest absolute Gasteiger partial charge is 0.481 e. The van der Waals surface area contributed by atoms with Crippen LogP contribution < -0.4 is 20.1 Å². The van der Waals surface area contributed by atoms with Crippen molar-refractivity contribution in [2.24, 2.45) is 0 Å². The molecule has 8 nitrogen and oxygen atoms in total. The van der Waals surface area contributed by atoms with Gasteiger partial charge in [-0.1, -0.05) is 0 Å². The first-order valence-corrected chi connectivity index (χ1v) is 9.29. The first-order chi connectivity index (χ1) is 14.5. The highest BCUT2D eigenvalue weighted by atomic mass is 19.4. The molecule has 31 heavy (non-hydrogen) atoms. The summed E-state index contributed by atoms with van der Waals surface area (Å²) in [6.45, 7) is 3.79. The molecule has 0 bridgehead atoms. The minimum atomic E-state index is -4.49. The topological polar surface area (TPSA) is 102 Å². The molecule has 0 atom stereocenters. The van der Waals surface area contributed by atoms with Crippen molar-refractivity contribution in [3.63, 3.8) is 0 Å². The number of methoxy groups -OCH3 is 1. The Balaban J connectivity index is 2.10. The van der Waals surface area contributed by atoms with Crippen molar-refractivity contribution < 1.29 is 32.2 Å². The average molecular weight is 440 g/mol. The Hall–Kier alpha value is -3.37. The van der Waals surface area contributed by atoms with Crippen LogP contribution in [0.15, 0.2) is 24.3 Å². The van der Waals surface area contributed by atoms with Gasteiger partial charge in [0.15, 0.2) is 6.61 Å². The van der Waals surface area contributed by atoms with Gasteiger partial charge in [-0.3, -0.25) is 9.59 Å². The van der Waals surface area contributed by atoms with Gasteiger partial charge < -0.3 is 20.1 Å². The summed E-state index contributed by atoms with van der Waals surface area (Å²) in [6.07, 6.45) is -4.49. The third-order valence-electron chi connectivity index (χ3n) is 3.80. The second kappa shape index (κ2) is 10.1. The number of hydrogen-bond donors (Lipinski definition) is 2. The van der Waals surface area contributed by atoms with Crippen LogP contribution in [0.1, 0.15) is 46.0 Å². The summed E-state index contributed by atoms with van der Waals surface area (Å²) in [4.78, 5) is 32.8. The minimum Gasteiger partial charge on any atom is -0.481 e. The molecule has 168 valence electrons. The van der Waals surface area contributed by atoms with E-state index in [1.54, 1.807) is 6.92 Å². The van der Waals surface area contributed by atoms with E-state index in [1.165, 1.54) is 31.4 Å². The molecule has 0 unspecified atom stereocenters. The lowest BCUT2D eigenvalue weighted by Crippen LogP contribution is -2.31. The van der Waals surface area contributed by atoms with Crippen LogP contribution in [0.2, 0.25) is 0 Å². The summed E-state index contributed by atoms with van der Waals surface area (Å²) in [7, 11) is 1.30. The summed E-state index contributed by atoms with van der Waals surface area (Å²) < 4.78 is 46.5. The third kappa shape index (κ3) is 7.43. The lowest BCUT2D eigenvalue weighted by molar-refractivity contribution is -0.154. The number of aromatic nitrogens is 2. The van der Waals surface area contributed by atoms with Crippen LogP contribution in [0.3, 0.4) is 0 Å². The van der Waals surface area contributed by atoms with E-state index < -0.39 is 24.6 Å². The van der Waals surface area contributed by atoms with Crippen LogP contribution in [-0.2, 0) is 6.54 Å². The summed E-state index contributed by atoms with van der Waals surface area (Å²) in [5.41, 5.74) is 1.27. The number of amides is 2. The molecule has 2 heterocycles. The second-order valence-corrected chi connectivity index (χ2v) is 6.92. The lowest BCUT2D eigenvalue weighted by Gasteiger charge is -2.13. The quantitative estimate of drug-likeness (QED) is 0.655. The van der Waals surface area contributed by atoms with E-state index in [1.807, 2.05) is 13.8 Å². The molecule has 0 aliphatic carbocycles. The van der Waals surface area contributed by atoms with Gasteiger partial charge in [0.1, 0.15) is 5.69 Å². The Bertz CT molecular complexity index is 949. The molecule has 2 amide bonds. The minimum absolute atomic E-state index is 0.0105. The van der Waals surface area contributed by atoms with Crippen molar-refractivity contribution >= 4 is 11.8 Å². The van der Waals surface area contributed by atoms with Crippen molar-refractivity contribution in [2.45, 2.75) is 39.5 Å². The van der Waals surface area contributed by atoms with Crippen molar-refractivity contribution in [3.8, 4) is 11.8 Å². The van der Waals surface area contributed by atoms with Gasteiger partial charge in [-0.25, -0.2) is 4.98 Å². The molecule has 0 aliphatic heterocycles. The smallest absolute Gasteiger partial charge is 0.422 e. The fourth-order valence-corrected chi connectivity index (χ4v) is 2.53. The van der Waals surface area contributed by atoms with E-state index >= 15 is 0 Å². The average Bonchev–Trinajstić information content (AvgIpc) is 2.69. The molecule has 0 fully saturated rings. The Labute approximate surface area is 177 Å². The number of carbonyl (C=O) groups is 2. The van der Waals surface area contributed by atoms with Crippen LogP contribution in [0.5, 0.6) is 11.8 Å². The van der Waals surface area contributed by atoms with E-state index in [9.17, 15) is 22.8 Å². The molecule has 2 rings (SSSR count). The maximum atomic E-state index is 12.6. The van der Waals surface area contributed by atoms with Crippen LogP contribution in [0, 0.1) is 6.92 Å². The first-order valence-electron chi connectivity index (χ1n) is 9.29. The van der Waals surface area contributed by atoms with Crippen molar-refractivity contribution in [1.29, 1.82) is 0 Å². The highest BCUT2D eigenvalue weighted by Crippen LogP contribution is 2.22. The number of pyridine rings is 2. The predicted octanol–water partition coefficient (Wildman–Crippen LogP) is 2.80. The predicted molar refractivity (Wildman–Crippen MR) is 105 cm³/mol. The number of alkyl halides is 3. The van der Waals surface area contributed by atoms with Gasteiger partial charge in [0, 0.05) is 35.5 Å². The Morgan fingerprint density at radius 3 is 2.45 bits per heavy atom. The van der Waals surface area contributed by atoms with E-state index in [0.717, 1.165) is 0 Å². The highest BCUT2D eigenvalue weighted by Gasteiger charge is 2.28. The van der Waals surface area contributed by atoms with Crippen LogP contribution in [-0.4, -0.2) is 47.7 Å². The monoisotopic (exact) mass is 440 g/mol. The zero-order valence-corrected chi connectivity index (χ0v) is 17.5. The molecule has 2 N–H and O–H groups in total. The maximum absolute atomic E-state index is 12.6. The van der Waals surface area contributed by atoms with Crippen molar-refractivity contribution in [2.75, 3.05) is 13.7 Å². The fraction of sp³-hybridized carbons (Fsp3) is 0.400. The number of nitrogens with one attached hydrogen (secondary N) is 2. The van der Waals surface area contributed by atoms with E-state index in [0.29, 0.717) is 11.3 Å². The molecule has 0 saturated heterocycles. The fourth-order valence-electron chi connectivity index (χ4n) is 2.53. The van der Waals surface area contributed by atoms with Gasteiger partial charge in [0.25, 0.3) is 11.8 Å². The number of hydrogen-bond acceptors (Lipinski definition) is 6. The van der Waals surface area contributed by atoms with Gasteiger partial charge in [-0.2, -0.15) is 18.2 Å². The normalized spacial score (nSPS) is 11.2. The van der Waals surface area contributed by atoms with Gasteiger partial charge in [0.2, 0.25) is 11.8 Å². The Kier molecular flexibility index (Phi) is 7.78. The van der Waals surface area contributed by atoms with Gasteiger partial charge >= 0.3 is 6.18 Å². The van der Waals surface area contributed by atoms with E-state index in [-0.39, 0.29) is 35.6 Å². The summed E-state index contributed by atoms with van der Waals surface area (Å²) >= 11 is 0. The number of nitrogens with zero attached hydrogens (tertiary/aromatic N) is 2. The number of carbonyl (C=O) groups excluding carboxylic acids is 2. The van der Waals surface area contributed by atoms with Gasteiger partial charge in [-0.05, 0) is 39.0 Å². The first kappa shape index (κ1) is 23.9. The van der Waals surface area contributed by atoms with Crippen molar-refractivity contribution in [1.82, 2.24) is 20.6 Å². The molecule has 11 heteroatoms. The second-order valence-electron chi connectivity index (χ2n) is 6.92. The van der Waals surface area contributed by atoms with E-state index in [2.05, 4.69) is 25.3 Å². The molecule has 0 aromatic carbocycles. The number of ether oxygens (including phenoxy) is 2. The lowest BCUT2D eigenvalue weighted by atomic mass is 10.1. The van der Waals surface area contributed by atoms with Gasteiger partial charge in [0.05, 0.1) is 7.11 Å². The summed E-state index contributed by atoms with van der Waals surface area (Å²) in [5.74, 6) is -1.10. The van der Waals surface area contributed by atoms with Crippen LogP contribution in [0.4, 0.5) is 13.2 Å². The molecule has 0 aliphatic rings. The molecule has 0 saturated carbocycles. The zero-order valence-electron chi connectivity index (χ0n) is 17.5. The number of halogens is 3. The summed E-state index contributed by atoms with van der Waals surface area (Å²) in [6, 6.07) is 5.52. The Morgan fingerprint density at radius 2 is 1.84 bits per heavy atom. The third-order valence-corrected chi connectivity index (χ3v) is 3.80. The molecule has 2 aromatic rings. The highest BCUT2D eigenvalue weighted by molar-refractivity contribution is 5.98. The summed E-state index contributed by atoms with van der Waals surface area (Å²) in [5, 5.41) is 5.37. The van der Waals surface area contributed by atoms with E-state index in [4.69, 9.17) is 4.74 Å². The zero-order chi connectivity index (χ0) is 23.2. The standard InChI is InChI=1S/C20H23F3N4O4/c1-11(2)25-18(29)15-8-14(7-12(3)26-15)17(28)24-9-13-5-6-16(27-19(13)30-4)31-10-20(21,22)23/h5-8,11H,9-10H2,1-4H3,(H,24,28)(H,25,29). The molecular weight excluding hydrogens is 417 g/mol.